The van der Waals surface area contributed by atoms with Crippen molar-refractivity contribution >= 4 is 39.5 Å². The van der Waals surface area contributed by atoms with Crippen LogP contribution in [0.5, 0.6) is 0 Å². The van der Waals surface area contributed by atoms with Crippen molar-refractivity contribution in [1.29, 1.82) is 5.26 Å². The molecular formula is C23H27BFN3S. The molecule has 0 bridgehead atoms. The highest BCUT2D eigenvalue weighted by Gasteiger charge is 2.20. The highest BCUT2D eigenvalue weighted by Crippen LogP contribution is 2.35. The van der Waals surface area contributed by atoms with Gasteiger partial charge < -0.3 is 5.73 Å². The van der Waals surface area contributed by atoms with Crippen molar-refractivity contribution in [2.45, 2.75) is 46.8 Å². The summed E-state index contributed by atoms with van der Waals surface area (Å²) in [7, 11) is 0. The molecule has 3 aromatic rings. The summed E-state index contributed by atoms with van der Waals surface area (Å²) in [6.07, 6.45) is 7.01. The van der Waals surface area contributed by atoms with Gasteiger partial charge in [-0.2, -0.15) is 0 Å². The lowest BCUT2D eigenvalue weighted by Crippen LogP contribution is -2.11. The number of aromatic nitrogens is 1. The lowest BCUT2D eigenvalue weighted by Gasteiger charge is -2.12. The van der Waals surface area contributed by atoms with Crippen molar-refractivity contribution in [3.63, 3.8) is 0 Å². The zero-order valence-electron chi connectivity index (χ0n) is 17.5. The van der Waals surface area contributed by atoms with Gasteiger partial charge >= 0.3 is 0 Å². The molecule has 29 heavy (non-hydrogen) atoms. The summed E-state index contributed by atoms with van der Waals surface area (Å²) in [6, 6.07) is 8.90. The van der Waals surface area contributed by atoms with Gasteiger partial charge in [-0.3, -0.25) is 4.98 Å². The summed E-state index contributed by atoms with van der Waals surface area (Å²) >= 11 is 1.83. The van der Waals surface area contributed by atoms with E-state index in [4.69, 9.17) is 11.0 Å². The number of nitrogen functional groups attached to an aromatic ring is 1. The SMILES string of the molecule is CC.Cc1ccc(N)cc1F.Cc1ccnc2cc(C3=CCB(C#N)CC3)sc12. The number of hydrogen-bond donors (Lipinski definition) is 1. The number of thiophene rings is 1. The van der Waals surface area contributed by atoms with Gasteiger partial charge in [0.1, 0.15) is 5.82 Å². The topological polar surface area (TPSA) is 62.7 Å². The van der Waals surface area contributed by atoms with Gasteiger partial charge in [-0.1, -0.05) is 32.3 Å². The molecule has 1 aliphatic heterocycles. The summed E-state index contributed by atoms with van der Waals surface area (Å²) < 4.78 is 13.8. The molecule has 0 fully saturated rings. The Kier molecular flexibility index (Phi) is 8.42. The van der Waals surface area contributed by atoms with Crippen LogP contribution in [0.4, 0.5) is 10.1 Å². The van der Waals surface area contributed by atoms with Gasteiger partial charge in [-0.15, -0.1) is 11.3 Å². The van der Waals surface area contributed by atoms with Crippen molar-refractivity contribution in [3.8, 4) is 5.97 Å². The number of halogens is 1. The van der Waals surface area contributed by atoms with E-state index in [1.807, 2.05) is 31.4 Å². The van der Waals surface area contributed by atoms with Crippen LogP contribution < -0.4 is 5.73 Å². The van der Waals surface area contributed by atoms with Gasteiger partial charge in [0.2, 0.25) is 0 Å². The number of benzene rings is 1. The van der Waals surface area contributed by atoms with Crippen molar-refractivity contribution in [2.75, 3.05) is 5.73 Å². The van der Waals surface area contributed by atoms with Crippen LogP contribution in [0.25, 0.3) is 15.8 Å². The predicted octanol–water partition coefficient (Wildman–Crippen LogP) is 6.69. The fraction of sp³-hybridized carbons (Fsp3) is 0.304. The standard InChI is InChI=1S/C14H13BN2S.C7H8FN.C2H6/c1-10-4-7-17-12-8-13(18-14(10)12)11-2-5-15(9-16)6-3-11;1-5-2-3-6(9)4-7(5)8;1-2/h2,4,7-8H,3,5-6H2,1H3;2-4H,9H2,1H3;1-2H3. The predicted molar refractivity (Wildman–Crippen MR) is 125 cm³/mol. The maximum atomic E-state index is 12.5. The minimum Gasteiger partial charge on any atom is -0.399 e. The van der Waals surface area contributed by atoms with Gasteiger partial charge in [-0.25, -0.2) is 9.65 Å². The van der Waals surface area contributed by atoms with E-state index in [9.17, 15) is 4.39 Å². The Hall–Kier alpha value is -2.65. The van der Waals surface area contributed by atoms with E-state index < -0.39 is 0 Å². The van der Waals surface area contributed by atoms with E-state index in [2.05, 4.69) is 36.1 Å². The first-order valence-corrected chi connectivity index (χ1v) is 10.8. The average molecular weight is 407 g/mol. The summed E-state index contributed by atoms with van der Waals surface area (Å²) in [5, 5.41) is 8.91. The van der Waals surface area contributed by atoms with Gasteiger partial charge in [0, 0.05) is 22.7 Å². The molecule has 0 aliphatic carbocycles. The number of fused-ring (bicyclic) bond motifs is 1. The minimum absolute atomic E-state index is 0.211. The van der Waals surface area contributed by atoms with Crippen LogP contribution in [0.1, 0.15) is 36.3 Å². The Labute approximate surface area is 177 Å². The molecule has 4 rings (SSSR count). The Bertz CT molecular complexity index is 1040. The third kappa shape index (κ3) is 5.91. The number of pyridine rings is 1. The van der Waals surface area contributed by atoms with E-state index in [1.54, 1.807) is 19.1 Å². The number of nitrogens with two attached hydrogens (primary N) is 1. The third-order valence-corrected chi connectivity index (χ3v) is 6.05. The molecule has 1 aliphatic rings. The molecule has 0 amide bonds. The molecule has 2 N–H and O–H groups in total. The van der Waals surface area contributed by atoms with Crippen molar-refractivity contribution in [2.24, 2.45) is 0 Å². The van der Waals surface area contributed by atoms with Crippen molar-refractivity contribution < 1.29 is 4.39 Å². The Morgan fingerprint density at radius 2 is 1.93 bits per heavy atom. The second-order valence-corrected chi connectivity index (χ2v) is 7.84. The Morgan fingerprint density at radius 3 is 2.48 bits per heavy atom. The number of hydrogen-bond acceptors (Lipinski definition) is 4. The van der Waals surface area contributed by atoms with Crippen molar-refractivity contribution in [3.05, 3.63) is 64.4 Å². The summed E-state index contributed by atoms with van der Waals surface area (Å²) in [4.78, 5) is 5.74. The lowest BCUT2D eigenvalue weighted by atomic mass is 9.44. The molecule has 0 unspecified atom stereocenters. The lowest BCUT2D eigenvalue weighted by molar-refractivity contribution is 0.619. The molecule has 0 spiro atoms. The summed E-state index contributed by atoms with van der Waals surface area (Å²) in [5.41, 5.74) is 10.2. The van der Waals surface area contributed by atoms with Crippen LogP contribution in [0.15, 0.2) is 42.6 Å². The minimum atomic E-state index is -0.241. The summed E-state index contributed by atoms with van der Waals surface area (Å²) in [6.45, 7) is 8.04. The monoisotopic (exact) mass is 407 g/mol. The molecule has 6 heteroatoms. The zero-order valence-corrected chi connectivity index (χ0v) is 18.3. The van der Waals surface area contributed by atoms with E-state index in [0.29, 0.717) is 11.3 Å². The van der Waals surface area contributed by atoms with Crippen LogP contribution >= 0.6 is 11.3 Å². The Morgan fingerprint density at radius 1 is 1.17 bits per heavy atom. The normalized spacial score (nSPS) is 12.8. The van der Waals surface area contributed by atoms with Gasteiger partial charge in [-0.05, 0) is 67.6 Å². The molecule has 1 aromatic carbocycles. The molecule has 0 saturated heterocycles. The first kappa shape index (κ1) is 22.6. The maximum Gasteiger partial charge on any atom is 0.271 e. The first-order valence-electron chi connectivity index (χ1n) is 9.93. The third-order valence-electron chi connectivity index (χ3n) is 4.71. The average Bonchev–Trinajstić information content (AvgIpc) is 3.19. The molecular weight excluding hydrogens is 380 g/mol. The molecule has 3 nitrogen and oxygen atoms in total. The number of anilines is 1. The van der Waals surface area contributed by atoms with E-state index in [1.165, 1.54) is 26.8 Å². The maximum absolute atomic E-state index is 12.5. The largest absolute Gasteiger partial charge is 0.399 e. The molecule has 2 aromatic heterocycles. The number of allylic oxidation sites excluding steroid dienone is 2. The van der Waals surface area contributed by atoms with E-state index >= 15 is 0 Å². The fourth-order valence-electron chi connectivity index (χ4n) is 3.01. The molecule has 0 radical (unpaired) electrons. The van der Waals surface area contributed by atoms with Crippen LogP contribution in [0.3, 0.4) is 0 Å². The highest BCUT2D eigenvalue weighted by atomic mass is 32.1. The second kappa shape index (κ2) is 10.8. The van der Waals surface area contributed by atoms with E-state index in [0.717, 1.165) is 24.6 Å². The van der Waals surface area contributed by atoms with Crippen LogP contribution in [-0.4, -0.2) is 11.7 Å². The van der Waals surface area contributed by atoms with E-state index in [-0.39, 0.29) is 12.5 Å². The van der Waals surface area contributed by atoms with Gasteiger partial charge in [0.25, 0.3) is 6.71 Å². The highest BCUT2D eigenvalue weighted by molar-refractivity contribution is 7.20. The number of rotatable bonds is 1. The van der Waals surface area contributed by atoms with Crippen LogP contribution in [-0.2, 0) is 0 Å². The number of aryl methyl sites for hydroxylation is 2. The van der Waals surface area contributed by atoms with Crippen molar-refractivity contribution in [1.82, 2.24) is 4.98 Å². The summed E-state index contributed by atoms with van der Waals surface area (Å²) in [5.74, 6) is 2.12. The quantitative estimate of drug-likeness (QED) is 0.361. The zero-order chi connectivity index (χ0) is 21.4. The smallest absolute Gasteiger partial charge is 0.271 e. The van der Waals surface area contributed by atoms with Crippen LogP contribution in [0, 0.1) is 30.9 Å². The molecule has 150 valence electrons. The fourth-order valence-corrected chi connectivity index (χ4v) is 4.16. The first-order chi connectivity index (χ1) is 14.0. The van der Waals surface area contributed by atoms with Crippen LogP contribution in [0.2, 0.25) is 12.6 Å². The second-order valence-electron chi connectivity index (χ2n) is 6.79. The molecule has 0 saturated carbocycles. The van der Waals surface area contributed by atoms with Gasteiger partial charge in [0.05, 0.1) is 10.2 Å². The number of nitrogens with zero attached hydrogens (tertiary/aromatic N) is 2. The Balaban J connectivity index is 0.000000231. The molecule has 3 heterocycles. The number of nitriles is 1. The van der Waals surface area contributed by atoms with Gasteiger partial charge in [0.15, 0.2) is 0 Å². The molecule has 0 atom stereocenters.